The molecule has 7 nitrogen and oxygen atoms in total. The van der Waals surface area contributed by atoms with Crippen LogP contribution in [-0.2, 0) is 14.8 Å². The van der Waals surface area contributed by atoms with E-state index in [0.717, 1.165) is 31.6 Å². The molecule has 0 aromatic heterocycles. The number of amides is 1. The van der Waals surface area contributed by atoms with E-state index in [1.54, 1.807) is 24.3 Å². The van der Waals surface area contributed by atoms with E-state index in [9.17, 15) is 13.2 Å². The third-order valence-electron chi connectivity index (χ3n) is 4.97. The van der Waals surface area contributed by atoms with Crippen molar-refractivity contribution in [2.24, 2.45) is 0 Å². The van der Waals surface area contributed by atoms with Crippen molar-refractivity contribution in [2.75, 3.05) is 24.5 Å². The molecule has 0 atom stereocenters. The van der Waals surface area contributed by atoms with Crippen LogP contribution >= 0.6 is 11.6 Å². The molecule has 0 aliphatic carbocycles. The molecule has 1 aliphatic heterocycles. The van der Waals surface area contributed by atoms with Crippen molar-refractivity contribution in [3.05, 3.63) is 59.1 Å². The summed E-state index contributed by atoms with van der Waals surface area (Å²) in [6.45, 7) is 1.63. The highest BCUT2D eigenvalue weighted by atomic mass is 35.5. The van der Waals surface area contributed by atoms with E-state index >= 15 is 0 Å². The number of rotatable bonds is 7. The quantitative estimate of drug-likeness (QED) is 0.680. The number of piperidine rings is 1. The van der Waals surface area contributed by atoms with E-state index in [1.807, 2.05) is 12.1 Å². The minimum atomic E-state index is -3.70. The van der Waals surface area contributed by atoms with Crippen molar-refractivity contribution in [3.8, 4) is 6.07 Å². The smallest absolute Gasteiger partial charge is 0.240 e. The van der Waals surface area contributed by atoms with Crippen LogP contribution in [-0.4, -0.2) is 40.0 Å². The van der Waals surface area contributed by atoms with Gasteiger partial charge in [0.15, 0.2) is 0 Å². The summed E-state index contributed by atoms with van der Waals surface area (Å²) < 4.78 is 26.9. The van der Waals surface area contributed by atoms with Crippen LogP contribution in [0.1, 0.15) is 24.8 Å². The van der Waals surface area contributed by atoms with E-state index in [2.05, 4.69) is 21.0 Å². The van der Waals surface area contributed by atoms with Crippen molar-refractivity contribution in [1.29, 1.82) is 5.26 Å². The average molecular weight is 447 g/mol. The Morgan fingerprint density at radius 3 is 2.50 bits per heavy atom. The summed E-state index contributed by atoms with van der Waals surface area (Å²) in [5, 5.41) is 12.2. The number of hydrogen-bond donors (Lipinski definition) is 2. The fourth-order valence-electron chi connectivity index (χ4n) is 3.35. The summed E-state index contributed by atoms with van der Waals surface area (Å²) in [5.74, 6) is -0.180. The molecule has 0 unspecified atom stereocenters. The Labute approximate surface area is 181 Å². The van der Waals surface area contributed by atoms with Crippen molar-refractivity contribution in [2.45, 2.75) is 30.2 Å². The highest BCUT2D eigenvalue weighted by Crippen LogP contribution is 2.20. The van der Waals surface area contributed by atoms with Gasteiger partial charge in [0.2, 0.25) is 15.9 Å². The van der Waals surface area contributed by atoms with Gasteiger partial charge >= 0.3 is 0 Å². The number of halogens is 1. The standard InChI is InChI=1S/C21H23ClN4O3S/c22-17-2-1-3-20(14-17)30(28,29)24-11-8-21(27)25-18-9-12-26(13-10-18)19-6-4-16(15-23)5-7-19/h1-7,14,18,24H,8-13H2,(H,25,27). The Bertz CT molecular complexity index is 1030. The number of nitrogens with one attached hydrogen (secondary N) is 2. The maximum Gasteiger partial charge on any atom is 0.240 e. The molecular weight excluding hydrogens is 424 g/mol. The second-order valence-electron chi connectivity index (χ2n) is 7.09. The fraction of sp³-hybridized carbons (Fsp3) is 0.333. The Morgan fingerprint density at radius 2 is 1.87 bits per heavy atom. The molecule has 1 fully saturated rings. The Hall–Kier alpha value is -2.60. The van der Waals surface area contributed by atoms with Crippen LogP contribution in [0.25, 0.3) is 0 Å². The first-order valence-corrected chi connectivity index (χ1v) is 11.5. The molecule has 2 aromatic rings. The fourth-order valence-corrected chi connectivity index (χ4v) is 4.68. The highest BCUT2D eigenvalue weighted by molar-refractivity contribution is 7.89. The third kappa shape index (κ3) is 5.95. The van der Waals surface area contributed by atoms with Crippen LogP contribution in [0.3, 0.4) is 0 Å². The first-order chi connectivity index (χ1) is 14.4. The average Bonchev–Trinajstić information content (AvgIpc) is 2.74. The van der Waals surface area contributed by atoms with Crippen molar-refractivity contribution in [1.82, 2.24) is 10.0 Å². The maximum atomic E-state index is 12.2. The number of nitrogens with zero attached hydrogens (tertiary/aromatic N) is 2. The number of carbonyl (C=O) groups excluding carboxylic acids is 1. The Morgan fingerprint density at radius 1 is 1.17 bits per heavy atom. The van der Waals surface area contributed by atoms with Crippen LogP contribution in [0.15, 0.2) is 53.4 Å². The van der Waals surface area contributed by atoms with E-state index in [1.165, 1.54) is 12.1 Å². The molecule has 9 heteroatoms. The summed E-state index contributed by atoms with van der Waals surface area (Å²) in [5.41, 5.74) is 1.70. The number of hydrogen-bond acceptors (Lipinski definition) is 5. The molecule has 0 spiro atoms. The minimum Gasteiger partial charge on any atom is -0.371 e. The molecule has 0 bridgehead atoms. The zero-order valence-corrected chi connectivity index (χ0v) is 17.9. The first-order valence-electron chi connectivity index (χ1n) is 9.67. The van der Waals surface area contributed by atoms with Gasteiger partial charge in [-0.2, -0.15) is 5.26 Å². The van der Waals surface area contributed by atoms with Crippen LogP contribution in [0.2, 0.25) is 5.02 Å². The van der Waals surface area contributed by atoms with E-state index in [4.69, 9.17) is 16.9 Å². The maximum absolute atomic E-state index is 12.2. The van der Waals surface area contributed by atoms with Gasteiger partial charge in [-0.1, -0.05) is 17.7 Å². The van der Waals surface area contributed by atoms with E-state index in [0.29, 0.717) is 10.6 Å². The third-order valence-corrected chi connectivity index (χ3v) is 6.67. The van der Waals surface area contributed by atoms with Crippen LogP contribution < -0.4 is 14.9 Å². The molecule has 3 rings (SSSR count). The molecule has 1 heterocycles. The topological polar surface area (TPSA) is 102 Å². The molecule has 0 radical (unpaired) electrons. The monoisotopic (exact) mass is 446 g/mol. The molecule has 30 heavy (non-hydrogen) atoms. The number of carbonyl (C=O) groups is 1. The molecule has 158 valence electrons. The first kappa shape index (κ1) is 22.1. The van der Waals surface area contributed by atoms with E-state index < -0.39 is 10.0 Å². The van der Waals surface area contributed by atoms with Crippen LogP contribution in [0.5, 0.6) is 0 Å². The van der Waals surface area contributed by atoms with Gasteiger partial charge in [-0.3, -0.25) is 4.79 Å². The lowest BCUT2D eigenvalue weighted by Crippen LogP contribution is -2.45. The van der Waals surface area contributed by atoms with Crippen molar-refractivity contribution >= 4 is 33.2 Å². The summed E-state index contributed by atoms with van der Waals surface area (Å²) >= 11 is 5.83. The minimum absolute atomic E-state index is 0.0186. The van der Waals surface area contributed by atoms with Gasteiger partial charge in [-0.05, 0) is 55.3 Å². The lowest BCUT2D eigenvalue weighted by Gasteiger charge is -2.34. The van der Waals surface area contributed by atoms with Gasteiger partial charge in [0.05, 0.1) is 16.5 Å². The molecule has 2 N–H and O–H groups in total. The number of sulfonamides is 1. The molecule has 1 amide bonds. The zero-order valence-electron chi connectivity index (χ0n) is 16.3. The summed E-state index contributed by atoms with van der Waals surface area (Å²) in [7, 11) is -3.70. The second-order valence-corrected chi connectivity index (χ2v) is 9.30. The van der Waals surface area contributed by atoms with Gasteiger partial charge in [0, 0.05) is 42.8 Å². The predicted molar refractivity (Wildman–Crippen MR) is 116 cm³/mol. The van der Waals surface area contributed by atoms with E-state index in [-0.39, 0.29) is 29.8 Å². The van der Waals surface area contributed by atoms with Crippen molar-refractivity contribution in [3.63, 3.8) is 0 Å². The summed E-state index contributed by atoms with van der Waals surface area (Å²) in [6, 6.07) is 15.6. The number of benzene rings is 2. The van der Waals surface area contributed by atoms with Gasteiger partial charge in [0.25, 0.3) is 0 Å². The summed E-state index contributed by atoms with van der Waals surface area (Å²) in [6.07, 6.45) is 1.68. The van der Waals surface area contributed by atoms with Crippen LogP contribution in [0, 0.1) is 11.3 Å². The number of anilines is 1. The molecule has 1 aliphatic rings. The van der Waals surface area contributed by atoms with Gasteiger partial charge in [-0.25, -0.2) is 13.1 Å². The Kier molecular flexibility index (Phi) is 7.32. The lowest BCUT2D eigenvalue weighted by molar-refractivity contribution is -0.121. The van der Waals surface area contributed by atoms with Gasteiger partial charge in [-0.15, -0.1) is 0 Å². The highest BCUT2D eigenvalue weighted by Gasteiger charge is 2.21. The number of nitriles is 1. The Balaban J connectivity index is 1.41. The van der Waals surface area contributed by atoms with Crippen molar-refractivity contribution < 1.29 is 13.2 Å². The van der Waals surface area contributed by atoms with Gasteiger partial charge in [0.1, 0.15) is 0 Å². The second kappa shape index (κ2) is 9.94. The zero-order chi connectivity index (χ0) is 21.6. The summed E-state index contributed by atoms with van der Waals surface area (Å²) in [4.78, 5) is 14.5. The predicted octanol–water partition coefficient (Wildman–Crippen LogP) is 2.67. The SMILES string of the molecule is N#Cc1ccc(N2CCC(NC(=O)CCNS(=O)(=O)c3cccc(Cl)c3)CC2)cc1. The van der Waals surface area contributed by atoms with Gasteiger partial charge < -0.3 is 10.2 Å². The molecular formula is C21H23ClN4O3S. The molecule has 2 aromatic carbocycles. The van der Waals surface area contributed by atoms with Crippen LogP contribution in [0.4, 0.5) is 5.69 Å². The molecule has 0 saturated carbocycles. The normalized spacial score (nSPS) is 14.9. The largest absolute Gasteiger partial charge is 0.371 e. The lowest BCUT2D eigenvalue weighted by atomic mass is 10.0. The molecule has 1 saturated heterocycles.